The van der Waals surface area contributed by atoms with Gasteiger partial charge in [0.1, 0.15) is 6.10 Å². The molecule has 170 valence electrons. The molecule has 3 saturated carbocycles. The van der Waals surface area contributed by atoms with Gasteiger partial charge in [0, 0.05) is 29.6 Å². The predicted octanol–water partition coefficient (Wildman–Crippen LogP) is 4.48. The second-order valence-electron chi connectivity index (χ2n) is 11.0. The Hall–Kier alpha value is -0.910. The molecule has 0 amide bonds. The molecule has 5 heteroatoms. The molecule has 0 aromatic carbocycles. The van der Waals surface area contributed by atoms with Crippen molar-refractivity contribution in [3.8, 4) is 0 Å². The number of rotatable bonds is 3. The maximum absolute atomic E-state index is 12.6. The van der Waals surface area contributed by atoms with Gasteiger partial charge < -0.3 is 19.3 Å². The Morgan fingerprint density at radius 2 is 1.87 bits per heavy atom. The van der Waals surface area contributed by atoms with E-state index in [0.717, 1.165) is 25.7 Å². The minimum absolute atomic E-state index is 0.0762. The van der Waals surface area contributed by atoms with E-state index in [9.17, 15) is 9.90 Å². The lowest BCUT2D eigenvalue weighted by atomic mass is 9.43. The fraction of sp³-hybridized carbons (Fsp3) is 0.880. The number of hydrogen-bond donors (Lipinski definition) is 1. The van der Waals surface area contributed by atoms with Crippen LogP contribution in [0.2, 0.25) is 0 Å². The zero-order valence-electron chi connectivity index (χ0n) is 19.4. The number of carbonyl (C=O) groups is 1. The molecule has 4 rings (SSSR count). The number of esters is 1. The van der Waals surface area contributed by atoms with Crippen molar-refractivity contribution in [1.82, 2.24) is 0 Å². The van der Waals surface area contributed by atoms with Gasteiger partial charge >= 0.3 is 5.97 Å². The average Bonchev–Trinajstić information content (AvgIpc) is 3.34. The Kier molecular flexibility index (Phi) is 5.43. The molecule has 30 heavy (non-hydrogen) atoms. The standard InChI is InChI=1S/C25H40O5/c1-7-19(26)30-18-15-22(5,8-2)20(27)17(4)24-10-9-16(3)23(18,6)21(24)25(12-11-24)28-13-14-29-25/h8,16-18,20-21,27H,2,7,9-15H2,1,3-6H3/t16-,17+,18-,20+,21?,22+,23+,24+/m1/s1. The topological polar surface area (TPSA) is 65.0 Å². The van der Waals surface area contributed by atoms with E-state index in [1.165, 1.54) is 0 Å². The van der Waals surface area contributed by atoms with Crippen LogP contribution in [0.25, 0.3) is 0 Å². The highest BCUT2D eigenvalue weighted by atomic mass is 16.7. The summed E-state index contributed by atoms with van der Waals surface area (Å²) in [5.74, 6) is -0.301. The molecule has 1 aliphatic heterocycles. The van der Waals surface area contributed by atoms with Gasteiger partial charge in [-0.1, -0.05) is 40.7 Å². The fourth-order valence-electron chi connectivity index (χ4n) is 7.82. The first-order valence-corrected chi connectivity index (χ1v) is 11.9. The highest BCUT2D eigenvalue weighted by molar-refractivity contribution is 5.69. The SMILES string of the molecule is C=C[C@@]1(C)C[C@@H](OC(=O)CC)[C@@]2(C)C3C4(CC[C@@]3(CC[C@H]2C)[C@@H](C)[C@@H]1O)OCCO4. The van der Waals surface area contributed by atoms with Crippen LogP contribution < -0.4 is 0 Å². The minimum Gasteiger partial charge on any atom is -0.462 e. The van der Waals surface area contributed by atoms with Crippen LogP contribution in [0.1, 0.15) is 73.1 Å². The number of aliphatic hydroxyl groups is 1. The molecule has 8 atom stereocenters. The third-order valence-corrected chi connectivity index (χ3v) is 9.86. The normalized spacial score (nSPS) is 49.9. The van der Waals surface area contributed by atoms with Crippen molar-refractivity contribution in [2.45, 2.75) is 91.1 Å². The van der Waals surface area contributed by atoms with Gasteiger partial charge in [0.15, 0.2) is 5.79 Å². The van der Waals surface area contributed by atoms with Gasteiger partial charge in [-0.3, -0.25) is 4.79 Å². The summed E-state index contributed by atoms with van der Waals surface area (Å²) in [5, 5.41) is 11.7. The zero-order chi connectivity index (χ0) is 21.9. The zero-order valence-corrected chi connectivity index (χ0v) is 19.4. The molecule has 0 aromatic heterocycles. The van der Waals surface area contributed by atoms with Gasteiger partial charge in [0.2, 0.25) is 0 Å². The third-order valence-electron chi connectivity index (χ3n) is 9.86. The van der Waals surface area contributed by atoms with Gasteiger partial charge in [0.25, 0.3) is 0 Å². The Morgan fingerprint density at radius 3 is 2.47 bits per heavy atom. The summed E-state index contributed by atoms with van der Waals surface area (Å²) in [7, 11) is 0. The van der Waals surface area contributed by atoms with E-state index in [0.29, 0.717) is 32.0 Å². The van der Waals surface area contributed by atoms with E-state index < -0.39 is 17.3 Å². The molecule has 1 saturated heterocycles. The molecule has 2 bridgehead atoms. The van der Waals surface area contributed by atoms with Crippen LogP contribution in [0.4, 0.5) is 0 Å². The van der Waals surface area contributed by atoms with Crippen molar-refractivity contribution in [3.63, 3.8) is 0 Å². The lowest BCUT2D eigenvalue weighted by Crippen LogP contribution is -2.66. The Morgan fingerprint density at radius 1 is 1.20 bits per heavy atom. The number of hydrogen-bond acceptors (Lipinski definition) is 5. The van der Waals surface area contributed by atoms with E-state index in [1.807, 2.05) is 13.0 Å². The summed E-state index contributed by atoms with van der Waals surface area (Å²) in [4.78, 5) is 12.6. The van der Waals surface area contributed by atoms with Crippen LogP contribution in [0, 0.1) is 34.0 Å². The van der Waals surface area contributed by atoms with Crippen LogP contribution in [0.3, 0.4) is 0 Å². The van der Waals surface area contributed by atoms with Gasteiger partial charge in [-0.05, 0) is 42.9 Å². The molecule has 5 nitrogen and oxygen atoms in total. The molecular formula is C25H40O5. The van der Waals surface area contributed by atoms with Crippen LogP contribution in [-0.4, -0.2) is 42.3 Å². The number of ether oxygens (including phenoxy) is 3. The van der Waals surface area contributed by atoms with Crippen LogP contribution >= 0.6 is 0 Å². The first-order chi connectivity index (χ1) is 14.1. The smallest absolute Gasteiger partial charge is 0.305 e. The van der Waals surface area contributed by atoms with Crippen molar-refractivity contribution >= 4 is 5.97 Å². The first kappa shape index (κ1) is 22.3. The monoisotopic (exact) mass is 420 g/mol. The van der Waals surface area contributed by atoms with E-state index in [4.69, 9.17) is 14.2 Å². The summed E-state index contributed by atoms with van der Waals surface area (Å²) in [6.45, 7) is 16.0. The lowest BCUT2D eigenvalue weighted by Gasteiger charge is -2.64. The highest BCUT2D eigenvalue weighted by Crippen LogP contribution is 2.72. The van der Waals surface area contributed by atoms with Crippen LogP contribution in [-0.2, 0) is 19.0 Å². The first-order valence-electron chi connectivity index (χ1n) is 11.9. The summed E-state index contributed by atoms with van der Waals surface area (Å²) in [6.07, 6.45) is 5.84. The van der Waals surface area contributed by atoms with Gasteiger partial charge in [-0.25, -0.2) is 0 Å². The van der Waals surface area contributed by atoms with E-state index in [-0.39, 0.29) is 34.7 Å². The molecule has 1 spiro atoms. The van der Waals surface area contributed by atoms with E-state index >= 15 is 0 Å². The highest BCUT2D eigenvalue weighted by Gasteiger charge is 2.73. The lowest BCUT2D eigenvalue weighted by molar-refractivity contribution is -0.283. The molecule has 4 fully saturated rings. The molecular weight excluding hydrogens is 380 g/mol. The molecule has 4 aliphatic rings. The maximum Gasteiger partial charge on any atom is 0.305 e. The second-order valence-corrected chi connectivity index (χ2v) is 11.0. The molecule has 0 aromatic rings. The van der Waals surface area contributed by atoms with E-state index in [1.54, 1.807) is 0 Å². The van der Waals surface area contributed by atoms with Crippen molar-refractivity contribution in [2.24, 2.45) is 34.0 Å². The van der Waals surface area contributed by atoms with E-state index in [2.05, 4.69) is 34.3 Å². The summed E-state index contributed by atoms with van der Waals surface area (Å²) < 4.78 is 19.0. The average molecular weight is 421 g/mol. The third kappa shape index (κ3) is 2.80. The van der Waals surface area contributed by atoms with Crippen LogP contribution in [0.15, 0.2) is 12.7 Å². The van der Waals surface area contributed by atoms with Crippen molar-refractivity contribution in [3.05, 3.63) is 12.7 Å². The minimum atomic E-state index is -0.629. The van der Waals surface area contributed by atoms with Crippen molar-refractivity contribution in [1.29, 1.82) is 0 Å². The van der Waals surface area contributed by atoms with Gasteiger partial charge in [-0.2, -0.15) is 0 Å². The quantitative estimate of drug-likeness (QED) is 0.539. The Bertz CT molecular complexity index is 700. The summed E-state index contributed by atoms with van der Waals surface area (Å²) in [6, 6.07) is 0. The predicted molar refractivity (Wildman–Crippen MR) is 115 cm³/mol. The molecule has 3 aliphatic carbocycles. The molecule has 1 unspecified atom stereocenters. The van der Waals surface area contributed by atoms with Crippen molar-refractivity contribution < 1.29 is 24.1 Å². The summed E-state index contributed by atoms with van der Waals surface area (Å²) >= 11 is 0. The van der Waals surface area contributed by atoms with Crippen molar-refractivity contribution in [2.75, 3.05) is 13.2 Å². The second kappa shape index (κ2) is 7.31. The Labute approximate surface area is 181 Å². The number of aliphatic hydroxyl groups excluding tert-OH is 1. The van der Waals surface area contributed by atoms with Crippen LogP contribution in [0.5, 0.6) is 0 Å². The molecule has 1 heterocycles. The summed E-state index contributed by atoms with van der Waals surface area (Å²) in [5.41, 5.74) is -0.934. The van der Waals surface area contributed by atoms with Gasteiger partial charge in [-0.15, -0.1) is 6.58 Å². The largest absolute Gasteiger partial charge is 0.462 e. The Balaban J connectivity index is 1.93. The molecule has 0 radical (unpaired) electrons. The molecule has 1 N–H and O–H groups in total. The fourth-order valence-corrected chi connectivity index (χ4v) is 7.82. The number of carbonyl (C=O) groups excluding carboxylic acids is 1. The maximum atomic E-state index is 12.6. The van der Waals surface area contributed by atoms with Gasteiger partial charge in [0.05, 0.1) is 19.3 Å².